The lowest BCUT2D eigenvalue weighted by Gasteiger charge is -2.01. The lowest BCUT2D eigenvalue weighted by molar-refractivity contribution is -0.115. The Balaban J connectivity index is 1.95. The highest BCUT2D eigenvalue weighted by atomic mass is 32.2. The van der Waals surface area contributed by atoms with Gasteiger partial charge in [0, 0.05) is 18.0 Å². The van der Waals surface area contributed by atoms with E-state index >= 15 is 0 Å². The fourth-order valence-electron chi connectivity index (χ4n) is 1.81. The number of amides is 2. The second-order valence-electron chi connectivity index (χ2n) is 4.07. The van der Waals surface area contributed by atoms with Gasteiger partial charge in [0.15, 0.2) is 0 Å². The quantitative estimate of drug-likeness (QED) is 0.857. The molecule has 0 unspecified atom stereocenters. The third-order valence-electron chi connectivity index (χ3n) is 2.69. The summed E-state index contributed by atoms with van der Waals surface area (Å²) in [7, 11) is 0. The molecule has 1 aliphatic rings. The van der Waals surface area contributed by atoms with Gasteiger partial charge in [0.2, 0.25) is 0 Å². The number of imide groups is 1. The van der Waals surface area contributed by atoms with Crippen molar-refractivity contribution >= 4 is 29.0 Å². The van der Waals surface area contributed by atoms with Crippen LogP contribution >= 0.6 is 11.8 Å². The predicted octanol–water partition coefficient (Wildman–Crippen LogP) is 2.47. The van der Waals surface area contributed by atoms with Gasteiger partial charge < -0.3 is 0 Å². The Kier molecular flexibility index (Phi) is 3.30. The SMILES string of the molecule is O=C1NC(=O)C(=Cc2cccc(-c3cnccn3)c2)S1. The molecule has 0 atom stereocenters. The number of thioether (sulfide) groups is 1. The molecule has 1 aromatic carbocycles. The van der Waals surface area contributed by atoms with Crippen molar-refractivity contribution in [2.45, 2.75) is 0 Å². The van der Waals surface area contributed by atoms with E-state index in [4.69, 9.17) is 0 Å². The van der Waals surface area contributed by atoms with Crippen LogP contribution in [0.2, 0.25) is 0 Å². The second kappa shape index (κ2) is 5.26. The molecule has 2 amide bonds. The van der Waals surface area contributed by atoms with Crippen LogP contribution in [0.5, 0.6) is 0 Å². The molecule has 0 saturated carbocycles. The third kappa shape index (κ3) is 2.60. The van der Waals surface area contributed by atoms with Gasteiger partial charge in [0.05, 0.1) is 16.8 Å². The average molecular weight is 283 g/mol. The fourth-order valence-corrected chi connectivity index (χ4v) is 2.49. The van der Waals surface area contributed by atoms with E-state index in [9.17, 15) is 9.59 Å². The lowest BCUT2D eigenvalue weighted by atomic mass is 10.1. The molecular formula is C14H9N3O2S. The number of hydrogen-bond donors (Lipinski definition) is 1. The smallest absolute Gasteiger partial charge is 0.282 e. The standard InChI is InChI=1S/C14H9N3O2S/c18-13-12(20-14(19)17-13)7-9-2-1-3-10(6-9)11-8-15-4-5-16-11/h1-8H,(H,17,18,19). The van der Waals surface area contributed by atoms with Crippen LogP contribution in [0.4, 0.5) is 4.79 Å². The number of benzene rings is 1. The molecule has 1 saturated heterocycles. The van der Waals surface area contributed by atoms with Gasteiger partial charge in [0.1, 0.15) is 0 Å². The first-order chi connectivity index (χ1) is 9.72. The summed E-state index contributed by atoms with van der Waals surface area (Å²) in [5, 5.41) is 1.89. The van der Waals surface area contributed by atoms with Gasteiger partial charge in [0.25, 0.3) is 11.1 Å². The number of rotatable bonds is 2. The maximum absolute atomic E-state index is 11.5. The molecule has 2 aromatic rings. The Bertz CT molecular complexity index is 713. The first-order valence-corrected chi connectivity index (χ1v) is 6.65. The molecule has 0 spiro atoms. The van der Waals surface area contributed by atoms with Crippen molar-refractivity contribution < 1.29 is 9.59 Å². The maximum atomic E-state index is 11.5. The minimum Gasteiger partial charge on any atom is -0.282 e. The number of aromatic nitrogens is 2. The second-order valence-corrected chi connectivity index (χ2v) is 5.08. The molecule has 98 valence electrons. The van der Waals surface area contributed by atoms with Crippen molar-refractivity contribution in [3.8, 4) is 11.3 Å². The van der Waals surface area contributed by atoms with Gasteiger partial charge in [-0.15, -0.1) is 0 Å². The summed E-state index contributed by atoms with van der Waals surface area (Å²) in [6.07, 6.45) is 6.59. The van der Waals surface area contributed by atoms with E-state index in [1.54, 1.807) is 24.7 Å². The largest absolute Gasteiger partial charge is 0.290 e. The van der Waals surface area contributed by atoms with Crippen LogP contribution < -0.4 is 5.32 Å². The van der Waals surface area contributed by atoms with Gasteiger partial charge >= 0.3 is 0 Å². The summed E-state index contributed by atoms with van der Waals surface area (Å²) < 4.78 is 0. The lowest BCUT2D eigenvalue weighted by Crippen LogP contribution is -2.17. The average Bonchev–Trinajstić information content (AvgIpc) is 2.78. The number of nitrogens with zero attached hydrogens (tertiary/aromatic N) is 2. The van der Waals surface area contributed by atoms with E-state index in [0.29, 0.717) is 4.91 Å². The zero-order valence-corrected chi connectivity index (χ0v) is 11.1. The Morgan fingerprint density at radius 2 is 2.10 bits per heavy atom. The zero-order chi connectivity index (χ0) is 13.9. The fraction of sp³-hybridized carbons (Fsp3) is 0. The molecule has 2 heterocycles. The van der Waals surface area contributed by atoms with E-state index in [-0.39, 0.29) is 11.1 Å². The van der Waals surface area contributed by atoms with Gasteiger partial charge in [-0.25, -0.2) is 0 Å². The van der Waals surface area contributed by atoms with Crippen molar-refractivity contribution in [3.05, 3.63) is 53.3 Å². The molecule has 1 aromatic heterocycles. The summed E-state index contributed by atoms with van der Waals surface area (Å²) in [6, 6.07) is 7.55. The summed E-state index contributed by atoms with van der Waals surface area (Å²) in [6.45, 7) is 0. The number of carbonyl (C=O) groups excluding carboxylic acids is 2. The number of carbonyl (C=O) groups is 2. The van der Waals surface area contributed by atoms with E-state index in [1.807, 2.05) is 24.3 Å². The molecule has 1 N–H and O–H groups in total. The molecule has 0 bridgehead atoms. The minimum absolute atomic E-state index is 0.341. The van der Waals surface area contributed by atoms with Crippen LogP contribution in [0.15, 0.2) is 47.8 Å². The minimum atomic E-state index is -0.357. The van der Waals surface area contributed by atoms with Crippen LogP contribution in [0.1, 0.15) is 5.56 Å². The highest BCUT2D eigenvalue weighted by molar-refractivity contribution is 8.18. The zero-order valence-electron chi connectivity index (χ0n) is 10.2. The molecule has 20 heavy (non-hydrogen) atoms. The van der Waals surface area contributed by atoms with Crippen molar-refractivity contribution in [2.24, 2.45) is 0 Å². The Morgan fingerprint density at radius 3 is 2.80 bits per heavy atom. The Labute approximate surface area is 119 Å². The Hall–Kier alpha value is -2.47. The highest BCUT2D eigenvalue weighted by Crippen LogP contribution is 2.26. The maximum Gasteiger partial charge on any atom is 0.290 e. The molecule has 1 aliphatic heterocycles. The normalized spacial score (nSPS) is 16.5. The van der Waals surface area contributed by atoms with Crippen LogP contribution in [-0.2, 0) is 4.79 Å². The summed E-state index contributed by atoms with van der Waals surface area (Å²) >= 11 is 0.904. The van der Waals surface area contributed by atoms with Crippen LogP contribution in [0.3, 0.4) is 0 Å². The van der Waals surface area contributed by atoms with Crippen molar-refractivity contribution in [2.75, 3.05) is 0 Å². The van der Waals surface area contributed by atoms with Crippen molar-refractivity contribution in [3.63, 3.8) is 0 Å². The van der Waals surface area contributed by atoms with Crippen molar-refractivity contribution in [1.29, 1.82) is 0 Å². The van der Waals surface area contributed by atoms with Crippen LogP contribution in [0, 0.1) is 0 Å². The van der Waals surface area contributed by atoms with Gasteiger partial charge in [-0.05, 0) is 29.5 Å². The summed E-state index contributed by atoms with van der Waals surface area (Å²) in [5.41, 5.74) is 2.50. The summed E-state index contributed by atoms with van der Waals surface area (Å²) in [5.74, 6) is -0.357. The van der Waals surface area contributed by atoms with Crippen LogP contribution in [0.25, 0.3) is 17.3 Å². The van der Waals surface area contributed by atoms with Crippen molar-refractivity contribution in [1.82, 2.24) is 15.3 Å². The Morgan fingerprint density at radius 1 is 1.20 bits per heavy atom. The number of hydrogen-bond acceptors (Lipinski definition) is 5. The molecule has 6 heteroatoms. The molecule has 1 fully saturated rings. The van der Waals surface area contributed by atoms with Gasteiger partial charge in [-0.2, -0.15) is 0 Å². The summed E-state index contributed by atoms with van der Waals surface area (Å²) in [4.78, 5) is 31.3. The molecule has 0 radical (unpaired) electrons. The van der Waals surface area contributed by atoms with E-state index in [2.05, 4.69) is 15.3 Å². The molecule has 3 rings (SSSR count). The van der Waals surface area contributed by atoms with E-state index in [1.165, 1.54) is 0 Å². The molecule has 5 nitrogen and oxygen atoms in total. The van der Waals surface area contributed by atoms with E-state index < -0.39 is 0 Å². The topological polar surface area (TPSA) is 72.0 Å². The monoisotopic (exact) mass is 283 g/mol. The number of nitrogens with one attached hydrogen (secondary N) is 1. The predicted molar refractivity (Wildman–Crippen MR) is 76.6 cm³/mol. The molecule has 0 aliphatic carbocycles. The van der Waals surface area contributed by atoms with Crippen LogP contribution in [-0.4, -0.2) is 21.1 Å². The van der Waals surface area contributed by atoms with Gasteiger partial charge in [-0.3, -0.25) is 24.9 Å². The first-order valence-electron chi connectivity index (χ1n) is 5.84. The van der Waals surface area contributed by atoms with Gasteiger partial charge in [-0.1, -0.05) is 18.2 Å². The van der Waals surface area contributed by atoms with E-state index in [0.717, 1.165) is 28.6 Å². The molecular weight excluding hydrogens is 274 g/mol. The highest BCUT2D eigenvalue weighted by Gasteiger charge is 2.24. The third-order valence-corrected chi connectivity index (χ3v) is 3.50. The first kappa shape index (κ1) is 12.6.